The summed E-state index contributed by atoms with van der Waals surface area (Å²) < 4.78 is 35.1. The minimum absolute atomic E-state index is 0.00799. The van der Waals surface area contributed by atoms with Gasteiger partial charge in [-0.25, -0.2) is 9.59 Å². The topological polar surface area (TPSA) is 198 Å². The van der Waals surface area contributed by atoms with E-state index in [-0.39, 0.29) is 60.4 Å². The fourth-order valence-electron chi connectivity index (χ4n) is 8.03. The lowest BCUT2D eigenvalue weighted by Crippen LogP contribution is -2.63. The van der Waals surface area contributed by atoms with Gasteiger partial charge in [-0.2, -0.15) is 0 Å². The highest BCUT2D eigenvalue weighted by Crippen LogP contribution is 2.49. The molecule has 3 heterocycles. The van der Waals surface area contributed by atoms with Gasteiger partial charge in [-0.15, -0.1) is 0 Å². The summed E-state index contributed by atoms with van der Waals surface area (Å²) in [7, 11) is 7.65. The number of alkyl carbamates (subject to hydrolysis) is 1. The molecular weight excluding hydrogens is 862 g/mol. The van der Waals surface area contributed by atoms with Gasteiger partial charge in [-0.1, -0.05) is 49.2 Å². The van der Waals surface area contributed by atoms with E-state index in [4.69, 9.17) is 40.0 Å². The molecule has 0 saturated carbocycles. The number of esters is 1. The van der Waals surface area contributed by atoms with E-state index in [1.165, 1.54) is 38.0 Å². The number of amides is 4. The van der Waals surface area contributed by atoms with E-state index >= 15 is 0 Å². The summed E-state index contributed by atoms with van der Waals surface area (Å²) in [5.41, 5.74) is -1.07. The first kappa shape index (κ1) is 53.4. The Hall–Kier alpha value is -4.26. The van der Waals surface area contributed by atoms with Crippen molar-refractivity contribution in [2.75, 3.05) is 66.6 Å². The van der Waals surface area contributed by atoms with E-state index in [1.54, 1.807) is 57.1 Å². The van der Waals surface area contributed by atoms with Crippen LogP contribution in [0.3, 0.4) is 0 Å². The van der Waals surface area contributed by atoms with Crippen LogP contribution in [-0.2, 0) is 42.9 Å². The van der Waals surface area contributed by atoms with Crippen molar-refractivity contribution in [1.29, 1.82) is 0 Å². The zero-order chi connectivity index (χ0) is 48.6. The summed E-state index contributed by atoms with van der Waals surface area (Å²) in [6.45, 7) is 17.2. The van der Waals surface area contributed by atoms with E-state index < -0.39 is 65.7 Å². The SMILES string of the molecule is COc1cc2cc(c1Cl)N(C)C(=O)C[C@H](OC(=O)[C@@H](C)N(C)C(=O)CCCC(=O)N(C)CCOCCNC(C)(C)C)[C@]1(C)O[C@H]1[C@H](C)[C@@H]1C[C@@](O)(NC(=O)O1)[C@H](OC)/C=C/C=C(\C)C2C. The largest absolute Gasteiger partial charge is 0.495 e. The Balaban J connectivity index is 1.54. The number of anilines is 1. The Morgan fingerprint density at radius 1 is 1.11 bits per heavy atom. The van der Waals surface area contributed by atoms with E-state index in [9.17, 15) is 29.1 Å². The number of carbonyl (C=O) groups excluding carboxylic acids is 5. The second kappa shape index (κ2) is 22.5. The number of rotatable bonds is 15. The summed E-state index contributed by atoms with van der Waals surface area (Å²) in [4.78, 5) is 71.7. The normalized spacial score (nSPS) is 29.0. The molecule has 2 fully saturated rings. The highest BCUT2D eigenvalue weighted by atomic mass is 35.5. The predicted octanol–water partition coefficient (Wildman–Crippen LogP) is 5.11. The number of aliphatic hydroxyl groups is 1. The number of likely N-dealkylation sites (N-methyl/N-ethyl adjacent to an activating group) is 2. The van der Waals surface area contributed by atoms with Gasteiger partial charge < -0.3 is 53.5 Å². The van der Waals surface area contributed by atoms with Gasteiger partial charge in [0, 0.05) is 78.0 Å². The van der Waals surface area contributed by atoms with Crippen molar-refractivity contribution in [2.45, 2.75) is 141 Å². The lowest BCUT2D eigenvalue weighted by Gasteiger charge is -2.42. The number of halogens is 1. The Morgan fingerprint density at radius 3 is 2.43 bits per heavy atom. The summed E-state index contributed by atoms with van der Waals surface area (Å²) in [5, 5.41) is 17.9. The molecule has 18 heteroatoms. The number of fused-ring (bicyclic) bond motifs is 5. The van der Waals surface area contributed by atoms with Crippen LogP contribution in [0.2, 0.25) is 5.02 Å². The molecule has 2 saturated heterocycles. The van der Waals surface area contributed by atoms with E-state index in [1.807, 2.05) is 19.9 Å². The van der Waals surface area contributed by atoms with Crippen molar-refractivity contribution in [3.8, 4) is 5.75 Å². The molecule has 3 aliphatic rings. The molecule has 364 valence electrons. The zero-order valence-corrected chi connectivity index (χ0v) is 41.2. The number of epoxide rings is 1. The van der Waals surface area contributed by atoms with Crippen molar-refractivity contribution in [3.05, 3.63) is 46.5 Å². The molecule has 4 amide bonds. The molecule has 4 bridgehead atoms. The van der Waals surface area contributed by atoms with Gasteiger partial charge in [0.2, 0.25) is 17.7 Å². The number of carbonyl (C=O) groups is 5. The number of hydrogen-bond donors (Lipinski definition) is 3. The molecule has 9 atom stereocenters. The number of methoxy groups -OCH3 is 2. The molecule has 0 aliphatic carbocycles. The summed E-state index contributed by atoms with van der Waals surface area (Å²) >= 11 is 6.85. The minimum atomic E-state index is -1.86. The Kier molecular flexibility index (Phi) is 18.5. The van der Waals surface area contributed by atoms with Crippen molar-refractivity contribution >= 4 is 47.1 Å². The average molecular weight is 935 g/mol. The highest BCUT2D eigenvalue weighted by molar-refractivity contribution is 6.35. The van der Waals surface area contributed by atoms with Crippen LogP contribution in [0, 0.1) is 5.92 Å². The molecule has 1 unspecified atom stereocenters. The lowest BCUT2D eigenvalue weighted by molar-refractivity contribution is -0.162. The lowest BCUT2D eigenvalue weighted by atomic mass is 9.83. The first-order valence-corrected chi connectivity index (χ1v) is 22.7. The van der Waals surface area contributed by atoms with E-state index in [0.717, 1.165) is 11.1 Å². The van der Waals surface area contributed by atoms with Gasteiger partial charge in [0.15, 0.2) is 5.72 Å². The Bertz CT molecular complexity index is 1940. The molecule has 3 aliphatic heterocycles. The monoisotopic (exact) mass is 933 g/mol. The van der Waals surface area contributed by atoms with Crippen LogP contribution in [0.1, 0.15) is 99.0 Å². The second-order valence-electron chi connectivity index (χ2n) is 18.7. The third kappa shape index (κ3) is 13.7. The van der Waals surface area contributed by atoms with Gasteiger partial charge in [-0.05, 0) is 65.7 Å². The number of ether oxygens (including phenoxy) is 6. The molecule has 65 heavy (non-hydrogen) atoms. The standard InChI is InChI=1S/C47H72ClN5O12/c1-28-16-14-17-36(61-13)47(59)27-35(63-44(58)50-47)30(3)42-46(8,65-42)37(26-40(56)53(11)33-24-32(29(28)2)25-34(60-12)41(33)48)64-43(57)31(4)52(10)39(55)19-15-18-38(54)51(9)21-23-62-22-20-49-45(5,6)7/h14,16-17,24-25,29-31,35-37,42,49,59H,15,18-23,26-27H2,1-13H3,(H,50,58)/b17-14+,28-16+/t29?,30-,31-,35+,36-,37+,42+,46+,47+/m1/s1. The maximum absolute atomic E-state index is 14.4. The zero-order valence-electron chi connectivity index (χ0n) is 40.4. The van der Waals surface area contributed by atoms with Gasteiger partial charge in [0.05, 0.1) is 38.5 Å². The summed E-state index contributed by atoms with van der Waals surface area (Å²) in [5.74, 6) is -2.17. The molecule has 3 N–H and O–H groups in total. The molecule has 1 aromatic rings. The summed E-state index contributed by atoms with van der Waals surface area (Å²) in [6.07, 6.45) is 0.621. The minimum Gasteiger partial charge on any atom is -0.495 e. The van der Waals surface area contributed by atoms with Crippen LogP contribution >= 0.6 is 11.6 Å². The number of nitrogens with one attached hydrogen (secondary N) is 2. The molecule has 4 rings (SSSR count). The number of hydrogen-bond acceptors (Lipinski definition) is 13. The van der Waals surface area contributed by atoms with E-state index in [0.29, 0.717) is 37.7 Å². The van der Waals surface area contributed by atoms with Crippen LogP contribution in [0.25, 0.3) is 0 Å². The van der Waals surface area contributed by atoms with Crippen molar-refractivity contribution in [3.63, 3.8) is 0 Å². The summed E-state index contributed by atoms with van der Waals surface area (Å²) in [6, 6.07) is 2.52. The third-order valence-electron chi connectivity index (χ3n) is 12.8. The van der Waals surface area contributed by atoms with Crippen molar-refractivity contribution in [1.82, 2.24) is 20.4 Å². The van der Waals surface area contributed by atoms with Crippen molar-refractivity contribution in [2.24, 2.45) is 5.92 Å². The number of benzene rings is 1. The maximum atomic E-state index is 14.4. The smallest absolute Gasteiger partial charge is 0.409 e. The average Bonchev–Trinajstić information content (AvgIpc) is 3.95. The number of nitrogens with zero attached hydrogens (tertiary/aromatic N) is 3. The fourth-order valence-corrected chi connectivity index (χ4v) is 8.34. The number of allylic oxidation sites excluding steroid dienone is 3. The molecular formula is C47H72ClN5O12. The Morgan fingerprint density at radius 2 is 1.78 bits per heavy atom. The third-order valence-corrected chi connectivity index (χ3v) is 13.2. The first-order chi connectivity index (χ1) is 30.4. The fraction of sp³-hybridized carbons (Fsp3) is 0.681. The molecule has 0 aromatic heterocycles. The second-order valence-corrected chi connectivity index (χ2v) is 19.1. The van der Waals surface area contributed by atoms with Crippen LogP contribution in [0.4, 0.5) is 10.5 Å². The highest BCUT2D eigenvalue weighted by Gasteiger charge is 2.64. The van der Waals surface area contributed by atoms with Crippen molar-refractivity contribution < 1.29 is 57.5 Å². The van der Waals surface area contributed by atoms with E-state index in [2.05, 4.69) is 31.4 Å². The van der Waals surface area contributed by atoms with Crippen LogP contribution in [-0.4, -0.2) is 154 Å². The van der Waals surface area contributed by atoms with Crippen LogP contribution in [0.5, 0.6) is 5.75 Å². The molecule has 0 spiro atoms. The first-order valence-electron chi connectivity index (χ1n) is 22.3. The molecule has 1 aromatic carbocycles. The van der Waals surface area contributed by atoms with Gasteiger partial charge in [0.25, 0.3) is 0 Å². The quantitative estimate of drug-likeness (QED) is 0.119. The van der Waals surface area contributed by atoms with Gasteiger partial charge in [-0.3, -0.25) is 19.7 Å². The molecule has 17 nitrogen and oxygen atoms in total. The van der Waals surface area contributed by atoms with Gasteiger partial charge >= 0.3 is 12.1 Å². The maximum Gasteiger partial charge on any atom is 0.409 e. The molecule has 0 radical (unpaired) electrons. The van der Waals surface area contributed by atoms with Gasteiger partial charge in [0.1, 0.15) is 40.7 Å². The predicted molar refractivity (Wildman–Crippen MR) is 246 cm³/mol. The van der Waals surface area contributed by atoms with Crippen LogP contribution < -0.4 is 20.3 Å². The van der Waals surface area contributed by atoms with Crippen LogP contribution in [0.15, 0.2) is 35.9 Å². The Labute approximate surface area is 389 Å².